The minimum atomic E-state index is -0.775. The van der Waals surface area contributed by atoms with E-state index in [2.05, 4.69) is 26.9 Å². The molecule has 0 saturated carbocycles. The molecule has 2 fully saturated rings. The lowest BCUT2D eigenvalue weighted by Crippen LogP contribution is -2.45. The van der Waals surface area contributed by atoms with Gasteiger partial charge in [0, 0.05) is 42.8 Å². The molecule has 3 heterocycles. The zero-order valence-corrected chi connectivity index (χ0v) is 13.5. The molecule has 6 heteroatoms. The third kappa shape index (κ3) is 2.95. The average Bonchev–Trinajstić information content (AvgIpc) is 2.83. The molecule has 0 unspecified atom stereocenters. The molecule has 0 amide bonds. The van der Waals surface area contributed by atoms with Crippen LogP contribution in [0.1, 0.15) is 0 Å². The molecule has 126 valence electrons. The van der Waals surface area contributed by atoms with Gasteiger partial charge in [0.15, 0.2) is 0 Å². The Balaban J connectivity index is 1.68. The Kier molecular flexibility index (Phi) is 4.08. The lowest BCUT2D eigenvalue weighted by Gasteiger charge is -2.32. The van der Waals surface area contributed by atoms with Crippen LogP contribution in [0, 0.1) is 5.92 Å². The Hall–Kier alpha value is -2.18. The number of rotatable bonds is 3. The number of fused-ring (bicyclic) bond motifs is 4. The first-order valence-electron chi connectivity index (χ1n) is 8.33. The van der Waals surface area contributed by atoms with E-state index in [1.165, 1.54) is 5.69 Å². The Morgan fingerprint density at radius 2 is 2.08 bits per heavy atom. The lowest BCUT2D eigenvalue weighted by molar-refractivity contribution is -0.138. The predicted octanol–water partition coefficient (Wildman–Crippen LogP) is 1.46. The number of aliphatic carboxylic acids is 1. The maximum absolute atomic E-state index is 11.2. The highest BCUT2D eigenvalue weighted by atomic mass is 16.5. The van der Waals surface area contributed by atoms with Crippen molar-refractivity contribution in [3.63, 3.8) is 0 Å². The van der Waals surface area contributed by atoms with Gasteiger partial charge < -0.3 is 14.7 Å². The summed E-state index contributed by atoms with van der Waals surface area (Å²) in [4.78, 5) is 20.1. The van der Waals surface area contributed by atoms with Gasteiger partial charge in [0.05, 0.1) is 31.3 Å². The second kappa shape index (κ2) is 6.37. The summed E-state index contributed by atoms with van der Waals surface area (Å²) < 4.78 is 5.77. The zero-order valence-electron chi connectivity index (χ0n) is 13.5. The zero-order chi connectivity index (χ0) is 16.5. The lowest BCUT2D eigenvalue weighted by atomic mass is 10.1. The van der Waals surface area contributed by atoms with Crippen molar-refractivity contribution in [3.8, 4) is 0 Å². The molecule has 2 atom stereocenters. The number of nitrogens with zero attached hydrogens (tertiary/aromatic N) is 3. The first kappa shape index (κ1) is 15.4. The van der Waals surface area contributed by atoms with E-state index in [0.717, 1.165) is 30.5 Å². The fourth-order valence-electron chi connectivity index (χ4n) is 3.85. The minimum Gasteiger partial charge on any atom is -0.480 e. The van der Waals surface area contributed by atoms with Crippen LogP contribution in [0.25, 0.3) is 10.9 Å². The molecule has 0 aliphatic carbocycles. The van der Waals surface area contributed by atoms with Gasteiger partial charge in [-0.2, -0.15) is 0 Å². The largest absolute Gasteiger partial charge is 0.480 e. The average molecular weight is 327 g/mol. The topological polar surface area (TPSA) is 65.9 Å². The van der Waals surface area contributed by atoms with Crippen LogP contribution in [0.2, 0.25) is 0 Å². The van der Waals surface area contributed by atoms with E-state index in [9.17, 15) is 9.90 Å². The van der Waals surface area contributed by atoms with Crippen molar-refractivity contribution in [2.75, 3.05) is 44.3 Å². The fourth-order valence-corrected chi connectivity index (χ4v) is 3.85. The van der Waals surface area contributed by atoms with Crippen LogP contribution in [0.5, 0.6) is 0 Å². The molecular formula is C18H21N3O3. The van der Waals surface area contributed by atoms with E-state index in [0.29, 0.717) is 19.1 Å². The van der Waals surface area contributed by atoms with E-state index < -0.39 is 5.97 Å². The smallest absolute Gasteiger partial charge is 0.317 e. The van der Waals surface area contributed by atoms with Gasteiger partial charge in [0.25, 0.3) is 0 Å². The van der Waals surface area contributed by atoms with E-state index in [1.54, 1.807) is 0 Å². The van der Waals surface area contributed by atoms with Gasteiger partial charge in [-0.05, 0) is 12.1 Å². The molecule has 2 aliphatic rings. The van der Waals surface area contributed by atoms with Crippen LogP contribution < -0.4 is 4.90 Å². The van der Waals surface area contributed by atoms with Gasteiger partial charge in [-0.25, -0.2) is 0 Å². The number of hydrogen-bond donors (Lipinski definition) is 1. The van der Waals surface area contributed by atoms with Gasteiger partial charge in [-0.1, -0.05) is 18.2 Å². The Morgan fingerprint density at radius 1 is 1.21 bits per heavy atom. The van der Waals surface area contributed by atoms with Gasteiger partial charge >= 0.3 is 5.97 Å². The molecule has 0 spiro atoms. The summed E-state index contributed by atoms with van der Waals surface area (Å²) in [5.74, 6) is -0.466. The van der Waals surface area contributed by atoms with Crippen LogP contribution in [-0.4, -0.2) is 66.4 Å². The normalized spacial score (nSPS) is 24.8. The molecule has 1 aromatic carbocycles. The van der Waals surface area contributed by atoms with Crippen LogP contribution in [0.3, 0.4) is 0 Å². The van der Waals surface area contributed by atoms with E-state index in [1.807, 2.05) is 24.4 Å². The second-order valence-electron chi connectivity index (χ2n) is 6.63. The van der Waals surface area contributed by atoms with Crippen LogP contribution >= 0.6 is 0 Å². The minimum absolute atomic E-state index is 0.0788. The highest BCUT2D eigenvalue weighted by Gasteiger charge is 2.34. The third-order valence-electron chi connectivity index (χ3n) is 4.89. The summed E-state index contributed by atoms with van der Waals surface area (Å²) in [6, 6.07) is 10.3. The number of ether oxygens (including phenoxy) is 1. The summed E-state index contributed by atoms with van der Waals surface area (Å²) in [7, 11) is 0. The number of anilines is 1. The standard InChI is InChI=1S/C18H21N3O3/c22-18(23)10-20-7-13-8-21(9-14(20)12-24-11-13)17-5-6-19-16-4-2-1-3-15(16)17/h1-6,13-14H,7-12H2,(H,22,23)/t13-,14+/m1/s1. The molecule has 2 saturated heterocycles. The summed E-state index contributed by atoms with van der Waals surface area (Å²) in [6.07, 6.45) is 1.85. The monoisotopic (exact) mass is 327 g/mol. The fraction of sp³-hybridized carbons (Fsp3) is 0.444. The van der Waals surface area contributed by atoms with E-state index >= 15 is 0 Å². The summed E-state index contributed by atoms with van der Waals surface area (Å²) >= 11 is 0. The van der Waals surface area contributed by atoms with Gasteiger partial charge in [-0.3, -0.25) is 14.7 Å². The summed E-state index contributed by atoms with van der Waals surface area (Å²) in [5, 5.41) is 10.3. The predicted molar refractivity (Wildman–Crippen MR) is 91.3 cm³/mol. The SMILES string of the molecule is O=C(O)CN1C[C@H]2COC[C@@H]1CN(c1ccnc3ccccc13)C2. The molecule has 0 radical (unpaired) electrons. The highest BCUT2D eigenvalue weighted by molar-refractivity contribution is 5.91. The Labute approximate surface area is 140 Å². The number of hydrogen-bond acceptors (Lipinski definition) is 5. The number of aromatic nitrogens is 1. The van der Waals surface area contributed by atoms with Crippen molar-refractivity contribution in [2.24, 2.45) is 5.92 Å². The van der Waals surface area contributed by atoms with Crippen molar-refractivity contribution in [1.82, 2.24) is 9.88 Å². The van der Waals surface area contributed by atoms with Gasteiger partial charge in [0.2, 0.25) is 0 Å². The van der Waals surface area contributed by atoms with Crippen LogP contribution in [0.4, 0.5) is 5.69 Å². The number of pyridine rings is 1. The first-order valence-corrected chi connectivity index (χ1v) is 8.33. The quantitative estimate of drug-likeness (QED) is 0.921. The van der Waals surface area contributed by atoms with Crippen LogP contribution in [-0.2, 0) is 9.53 Å². The number of carboxylic acid groups (broad SMARTS) is 1. The van der Waals surface area contributed by atoms with Crippen molar-refractivity contribution in [2.45, 2.75) is 6.04 Å². The summed E-state index contributed by atoms with van der Waals surface area (Å²) in [6.45, 7) is 3.78. The van der Waals surface area contributed by atoms with Gasteiger partial charge in [-0.15, -0.1) is 0 Å². The maximum atomic E-state index is 11.2. The van der Waals surface area contributed by atoms with E-state index in [4.69, 9.17) is 4.74 Å². The third-order valence-corrected chi connectivity index (χ3v) is 4.89. The molecule has 2 bridgehead atoms. The molecule has 2 aliphatic heterocycles. The number of para-hydroxylation sites is 1. The molecule has 24 heavy (non-hydrogen) atoms. The number of benzene rings is 1. The van der Waals surface area contributed by atoms with E-state index in [-0.39, 0.29) is 12.6 Å². The molecule has 4 rings (SSSR count). The summed E-state index contributed by atoms with van der Waals surface area (Å²) in [5.41, 5.74) is 2.16. The van der Waals surface area contributed by atoms with Gasteiger partial charge in [0.1, 0.15) is 0 Å². The van der Waals surface area contributed by atoms with Crippen LogP contribution in [0.15, 0.2) is 36.5 Å². The molecule has 1 aromatic heterocycles. The highest BCUT2D eigenvalue weighted by Crippen LogP contribution is 2.29. The molecule has 2 aromatic rings. The van der Waals surface area contributed by atoms with Crippen molar-refractivity contribution < 1.29 is 14.6 Å². The van der Waals surface area contributed by atoms with Crippen molar-refractivity contribution in [3.05, 3.63) is 36.5 Å². The molecular weight excluding hydrogens is 306 g/mol. The molecule has 6 nitrogen and oxygen atoms in total. The first-order chi connectivity index (χ1) is 11.7. The number of carbonyl (C=O) groups is 1. The molecule has 1 N–H and O–H groups in total. The second-order valence-corrected chi connectivity index (χ2v) is 6.63. The van der Waals surface area contributed by atoms with Crippen molar-refractivity contribution >= 4 is 22.6 Å². The maximum Gasteiger partial charge on any atom is 0.317 e. The Bertz CT molecular complexity index is 746. The van der Waals surface area contributed by atoms with Crippen molar-refractivity contribution in [1.29, 1.82) is 0 Å². The number of carboxylic acids is 1. The Morgan fingerprint density at radius 3 is 2.96 bits per heavy atom.